The molecule has 2 aromatic rings. The minimum Gasteiger partial charge on any atom is -0.326 e. The lowest BCUT2D eigenvalue weighted by atomic mass is 10.1. The number of sulfonamides is 1. The zero-order valence-electron chi connectivity index (χ0n) is 15.0. The van der Waals surface area contributed by atoms with E-state index in [1.165, 1.54) is 31.2 Å². The van der Waals surface area contributed by atoms with Crippen molar-refractivity contribution in [2.75, 3.05) is 11.9 Å². The lowest BCUT2D eigenvalue weighted by Crippen LogP contribution is -2.28. The smallest absolute Gasteiger partial charge is 0.240 e. The van der Waals surface area contributed by atoms with Crippen LogP contribution in [-0.2, 0) is 14.8 Å². The van der Waals surface area contributed by atoms with Crippen LogP contribution in [-0.4, -0.2) is 26.7 Å². The van der Waals surface area contributed by atoms with E-state index in [2.05, 4.69) is 10.0 Å². The molecule has 2 aromatic carbocycles. The van der Waals surface area contributed by atoms with Crippen LogP contribution in [0.25, 0.3) is 0 Å². The van der Waals surface area contributed by atoms with E-state index < -0.39 is 10.0 Å². The molecule has 0 saturated heterocycles. The number of ketones is 1. The summed E-state index contributed by atoms with van der Waals surface area (Å²) in [5.74, 6) is -0.404. The van der Waals surface area contributed by atoms with E-state index >= 15 is 0 Å². The van der Waals surface area contributed by atoms with E-state index in [-0.39, 0.29) is 29.6 Å². The van der Waals surface area contributed by atoms with Gasteiger partial charge in [0.15, 0.2) is 5.78 Å². The predicted octanol–water partition coefficient (Wildman–Crippen LogP) is 2.81. The third-order valence-corrected chi connectivity index (χ3v) is 5.36. The van der Waals surface area contributed by atoms with E-state index in [0.29, 0.717) is 5.56 Å². The van der Waals surface area contributed by atoms with Gasteiger partial charge in [0.25, 0.3) is 0 Å². The van der Waals surface area contributed by atoms with Crippen LogP contribution in [0.3, 0.4) is 0 Å². The minimum atomic E-state index is -3.73. The summed E-state index contributed by atoms with van der Waals surface area (Å²) in [6.07, 6.45) is 0.0120. The van der Waals surface area contributed by atoms with E-state index in [4.69, 9.17) is 0 Å². The summed E-state index contributed by atoms with van der Waals surface area (Å²) in [6, 6.07) is 11.4. The van der Waals surface area contributed by atoms with Crippen molar-refractivity contribution in [3.05, 3.63) is 59.2 Å². The molecular weight excluding hydrogens is 352 g/mol. The number of amides is 1. The average Bonchev–Trinajstić information content (AvgIpc) is 2.58. The van der Waals surface area contributed by atoms with E-state index in [0.717, 1.165) is 16.8 Å². The number of nitrogens with one attached hydrogen (secondary N) is 2. The van der Waals surface area contributed by atoms with Gasteiger partial charge in [0.1, 0.15) is 0 Å². The highest BCUT2D eigenvalue weighted by Gasteiger charge is 2.15. The van der Waals surface area contributed by atoms with Gasteiger partial charge in [0.2, 0.25) is 15.9 Å². The van der Waals surface area contributed by atoms with Gasteiger partial charge in [-0.25, -0.2) is 13.1 Å². The maximum Gasteiger partial charge on any atom is 0.240 e. The van der Waals surface area contributed by atoms with Gasteiger partial charge >= 0.3 is 0 Å². The van der Waals surface area contributed by atoms with Crippen LogP contribution in [0, 0.1) is 13.8 Å². The number of rotatable bonds is 7. The molecule has 7 heteroatoms. The third-order valence-electron chi connectivity index (χ3n) is 3.88. The van der Waals surface area contributed by atoms with Crippen molar-refractivity contribution in [1.29, 1.82) is 0 Å². The normalized spacial score (nSPS) is 11.2. The van der Waals surface area contributed by atoms with E-state index in [1.54, 1.807) is 0 Å². The molecule has 0 bridgehead atoms. The average molecular weight is 374 g/mol. The number of hydrogen-bond donors (Lipinski definition) is 2. The number of hydrogen-bond acceptors (Lipinski definition) is 4. The van der Waals surface area contributed by atoms with Gasteiger partial charge in [0, 0.05) is 24.2 Å². The molecule has 0 atom stereocenters. The molecule has 0 aliphatic heterocycles. The lowest BCUT2D eigenvalue weighted by molar-refractivity contribution is -0.116. The number of Topliss-reactive ketones (excluding diaryl/α,β-unsaturated/α-hetero) is 1. The summed E-state index contributed by atoms with van der Waals surface area (Å²) < 4.78 is 26.8. The number of benzene rings is 2. The van der Waals surface area contributed by atoms with Crippen molar-refractivity contribution in [1.82, 2.24) is 4.72 Å². The van der Waals surface area contributed by atoms with Gasteiger partial charge in [-0.1, -0.05) is 24.3 Å². The van der Waals surface area contributed by atoms with E-state index in [1.807, 2.05) is 32.0 Å². The number of aryl methyl sites for hydroxylation is 2. The van der Waals surface area contributed by atoms with Crippen LogP contribution >= 0.6 is 0 Å². The Labute approximate surface area is 153 Å². The number of carbonyl (C=O) groups excluding carboxylic acids is 2. The summed E-state index contributed by atoms with van der Waals surface area (Å²) in [5.41, 5.74) is 3.13. The molecule has 0 unspecified atom stereocenters. The second kappa shape index (κ2) is 8.25. The van der Waals surface area contributed by atoms with Gasteiger partial charge in [-0.05, 0) is 50.1 Å². The SMILES string of the molecule is CC(=O)c1ccc(S(=O)(=O)NCCC(=O)Nc2cc(C)ccc2C)cc1. The van der Waals surface area contributed by atoms with Crippen LogP contribution < -0.4 is 10.0 Å². The van der Waals surface area contributed by atoms with E-state index in [9.17, 15) is 18.0 Å². The van der Waals surface area contributed by atoms with Crippen molar-refractivity contribution in [3.8, 4) is 0 Å². The molecule has 6 nitrogen and oxygen atoms in total. The second-order valence-corrected chi connectivity index (χ2v) is 7.86. The standard InChI is InChI=1S/C19H22N2O4S/c1-13-4-5-14(2)18(12-13)21-19(23)10-11-20-26(24,25)17-8-6-16(7-9-17)15(3)22/h4-9,12,20H,10-11H2,1-3H3,(H,21,23). The number of anilines is 1. The van der Waals surface area contributed by atoms with Crippen LogP contribution in [0.1, 0.15) is 34.8 Å². The van der Waals surface area contributed by atoms with Gasteiger partial charge in [-0.15, -0.1) is 0 Å². The first-order chi connectivity index (χ1) is 12.2. The predicted molar refractivity (Wildman–Crippen MR) is 101 cm³/mol. The molecule has 2 rings (SSSR count). The van der Waals surface area contributed by atoms with Crippen LogP contribution in [0.15, 0.2) is 47.4 Å². The van der Waals surface area contributed by atoms with Crippen molar-refractivity contribution in [3.63, 3.8) is 0 Å². The lowest BCUT2D eigenvalue weighted by Gasteiger charge is -2.10. The Balaban J connectivity index is 1.92. The van der Waals surface area contributed by atoms with Crippen molar-refractivity contribution >= 4 is 27.4 Å². The fourth-order valence-electron chi connectivity index (χ4n) is 2.33. The highest BCUT2D eigenvalue weighted by Crippen LogP contribution is 2.16. The Hall–Kier alpha value is -2.51. The summed E-state index contributed by atoms with van der Waals surface area (Å²) >= 11 is 0. The first kappa shape index (κ1) is 19.8. The quantitative estimate of drug-likeness (QED) is 0.729. The van der Waals surface area contributed by atoms with Crippen LogP contribution in [0.5, 0.6) is 0 Å². The Kier molecular flexibility index (Phi) is 6.28. The first-order valence-electron chi connectivity index (χ1n) is 8.17. The molecule has 0 aliphatic carbocycles. The van der Waals surface area contributed by atoms with Crippen molar-refractivity contribution in [2.24, 2.45) is 0 Å². The summed E-state index contributed by atoms with van der Waals surface area (Å²) in [5, 5.41) is 2.79. The molecule has 0 aromatic heterocycles. The Morgan fingerprint density at radius 2 is 1.65 bits per heavy atom. The first-order valence-corrected chi connectivity index (χ1v) is 9.65. The maximum absolute atomic E-state index is 12.2. The Morgan fingerprint density at radius 1 is 1.00 bits per heavy atom. The molecule has 1 amide bonds. The molecule has 138 valence electrons. The fourth-order valence-corrected chi connectivity index (χ4v) is 3.37. The molecule has 0 radical (unpaired) electrons. The molecule has 0 saturated carbocycles. The van der Waals surface area contributed by atoms with Gasteiger partial charge in [0.05, 0.1) is 4.90 Å². The molecule has 0 heterocycles. The van der Waals surface area contributed by atoms with Gasteiger partial charge < -0.3 is 5.32 Å². The topological polar surface area (TPSA) is 92.3 Å². The molecule has 26 heavy (non-hydrogen) atoms. The zero-order chi connectivity index (χ0) is 19.3. The van der Waals surface area contributed by atoms with Crippen molar-refractivity contribution in [2.45, 2.75) is 32.1 Å². The second-order valence-electron chi connectivity index (χ2n) is 6.09. The Bertz CT molecular complexity index is 919. The maximum atomic E-state index is 12.2. The molecule has 2 N–H and O–H groups in total. The number of carbonyl (C=O) groups is 2. The monoisotopic (exact) mass is 374 g/mol. The molecule has 0 fully saturated rings. The van der Waals surface area contributed by atoms with Crippen LogP contribution in [0.2, 0.25) is 0 Å². The Morgan fingerprint density at radius 3 is 2.27 bits per heavy atom. The van der Waals surface area contributed by atoms with Crippen molar-refractivity contribution < 1.29 is 18.0 Å². The zero-order valence-corrected chi connectivity index (χ0v) is 15.8. The summed E-state index contributed by atoms with van der Waals surface area (Å²) in [7, 11) is -3.73. The molecular formula is C19H22N2O4S. The summed E-state index contributed by atoms with van der Waals surface area (Å²) in [6.45, 7) is 5.22. The minimum absolute atomic E-state index is 0.0120. The third kappa shape index (κ3) is 5.24. The molecule has 0 spiro atoms. The van der Waals surface area contributed by atoms with Crippen LogP contribution in [0.4, 0.5) is 5.69 Å². The van der Waals surface area contributed by atoms with Gasteiger partial charge in [-0.2, -0.15) is 0 Å². The molecule has 0 aliphatic rings. The largest absolute Gasteiger partial charge is 0.326 e. The fraction of sp³-hybridized carbons (Fsp3) is 0.263. The highest BCUT2D eigenvalue weighted by molar-refractivity contribution is 7.89. The van der Waals surface area contributed by atoms with Gasteiger partial charge in [-0.3, -0.25) is 9.59 Å². The summed E-state index contributed by atoms with van der Waals surface area (Å²) in [4.78, 5) is 23.3. The highest BCUT2D eigenvalue weighted by atomic mass is 32.2.